The summed E-state index contributed by atoms with van der Waals surface area (Å²) in [7, 11) is 1.73. The Labute approximate surface area is 96.3 Å². The van der Waals surface area contributed by atoms with Crippen molar-refractivity contribution in [3.05, 3.63) is 35.0 Å². The van der Waals surface area contributed by atoms with E-state index in [2.05, 4.69) is 10.3 Å². The fraction of sp³-hybridized carbons (Fsp3) is 0.100. The van der Waals surface area contributed by atoms with Gasteiger partial charge in [-0.1, -0.05) is 16.8 Å². The Balaban J connectivity index is 2.58. The molecule has 0 aliphatic heterocycles. The third-order valence-corrected chi connectivity index (χ3v) is 2.37. The summed E-state index contributed by atoms with van der Waals surface area (Å²) in [5.74, 6) is -1.01. The van der Waals surface area contributed by atoms with E-state index in [-0.39, 0.29) is 5.56 Å². The zero-order valence-corrected chi connectivity index (χ0v) is 9.14. The minimum absolute atomic E-state index is 0.142. The summed E-state index contributed by atoms with van der Waals surface area (Å²) in [4.78, 5) is 10.9. The highest BCUT2D eigenvalue weighted by molar-refractivity contribution is 6.31. The molecule has 0 aliphatic rings. The summed E-state index contributed by atoms with van der Waals surface area (Å²) in [5.41, 5.74) is 1.53. The summed E-state index contributed by atoms with van der Waals surface area (Å²) in [6, 6.07) is 4.61. The first-order chi connectivity index (χ1) is 7.58. The first-order valence-corrected chi connectivity index (χ1v) is 4.84. The van der Waals surface area contributed by atoms with E-state index in [0.29, 0.717) is 16.3 Å². The van der Waals surface area contributed by atoms with Crippen LogP contribution in [0.4, 0.5) is 0 Å². The van der Waals surface area contributed by atoms with Crippen molar-refractivity contribution in [2.24, 2.45) is 7.05 Å². The molecule has 2 rings (SSSR count). The maximum atomic E-state index is 10.9. The van der Waals surface area contributed by atoms with Crippen LogP contribution in [0.25, 0.3) is 11.3 Å². The van der Waals surface area contributed by atoms with Gasteiger partial charge in [-0.05, 0) is 18.2 Å². The van der Waals surface area contributed by atoms with Gasteiger partial charge in [0.2, 0.25) is 0 Å². The lowest BCUT2D eigenvalue weighted by Crippen LogP contribution is -1.98. The topological polar surface area (TPSA) is 68.0 Å². The monoisotopic (exact) mass is 237 g/mol. The number of aromatic nitrogens is 3. The van der Waals surface area contributed by atoms with Crippen LogP contribution in [0, 0.1) is 0 Å². The van der Waals surface area contributed by atoms with Crippen LogP contribution >= 0.6 is 11.6 Å². The molecule has 16 heavy (non-hydrogen) atoms. The van der Waals surface area contributed by atoms with Crippen LogP contribution in [-0.4, -0.2) is 26.1 Å². The van der Waals surface area contributed by atoms with E-state index in [1.165, 1.54) is 12.1 Å². The number of rotatable bonds is 2. The Morgan fingerprint density at radius 3 is 2.75 bits per heavy atom. The molecule has 1 heterocycles. The predicted octanol–water partition coefficient (Wildman–Crippen LogP) is 1.83. The smallest absolute Gasteiger partial charge is 0.335 e. The number of halogens is 1. The number of aryl methyl sites for hydroxylation is 1. The molecule has 0 saturated carbocycles. The van der Waals surface area contributed by atoms with Gasteiger partial charge in [-0.2, -0.15) is 0 Å². The van der Waals surface area contributed by atoms with E-state index in [4.69, 9.17) is 16.7 Å². The highest BCUT2D eigenvalue weighted by atomic mass is 35.5. The minimum Gasteiger partial charge on any atom is -0.478 e. The summed E-state index contributed by atoms with van der Waals surface area (Å²) in [6.45, 7) is 0. The highest BCUT2D eigenvalue weighted by Gasteiger charge is 2.10. The van der Waals surface area contributed by atoms with Crippen LogP contribution in [0.5, 0.6) is 0 Å². The van der Waals surface area contributed by atoms with Gasteiger partial charge in [0.15, 0.2) is 0 Å². The van der Waals surface area contributed by atoms with Gasteiger partial charge in [0.1, 0.15) is 0 Å². The number of carboxylic acids is 1. The van der Waals surface area contributed by atoms with Crippen molar-refractivity contribution in [2.45, 2.75) is 0 Å². The predicted molar refractivity (Wildman–Crippen MR) is 58.4 cm³/mol. The molecule has 1 N–H and O–H groups in total. The molecule has 6 heteroatoms. The third-order valence-electron chi connectivity index (χ3n) is 2.15. The molecule has 0 amide bonds. The van der Waals surface area contributed by atoms with Crippen LogP contribution in [0.3, 0.4) is 0 Å². The first kappa shape index (κ1) is 10.6. The van der Waals surface area contributed by atoms with Crippen molar-refractivity contribution >= 4 is 17.6 Å². The summed E-state index contributed by atoms with van der Waals surface area (Å²) in [6.07, 6.45) is 1.55. The number of benzene rings is 1. The molecule has 0 unspecified atom stereocenters. The quantitative estimate of drug-likeness (QED) is 0.865. The second-order valence-corrected chi connectivity index (χ2v) is 3.71. The molecule has 0 saturated heterocycles. The second kappa shape index (κ2) is 3.94. The van der Waals surface area contributed by atoms with Crippen molar-refractivity contribution < 1.29 is 9.90 Å². The van der Waals surface area contributed by atoms with Gasteiger partial charge in [-0.3, -0.25) is 0 Å². The van der Waals surface area contributed by atoms with Crippen LogP contribution in [-0.2, 0) is 7.05 Å². The fourth-order valence-corrected chi connectivity index (χ4v) is 1.65. The number of aromatic carboxylic acids is 1. The molecule has 2 aromatic rings. The van der Waals surface area contributed by atoms with Gasteiger partial charge < -0.3 is 5.11 Å². The zero-order valence-electron chi connectivity index (χ0n) is 8.38. The van der Waals surface area contributed by atoms with E-state index in [1.54, 1.807) is 24.0 Å². The lowest BCUT2D eigenvalue weighted by Gasteiger charge is -2.03. The van der Waals surface area contributed by atoms with Crippen LogP contribution in [0.1, 0.15) is 10.4 Å². The van der Waals surface area contributed by atoms with Gasteiger partial charge in [-0.25, -0.2) is 9.48 Å². The lowest BCUT2D eigenvalue weighted by molar-refractivity contribution is 0.0697. The summed E-state index contributed by atoms with van der Waals surface area (Å²) in [5, 5.41) is 16.8. The molecular weight excluding hydrogens is 230 g/mol. The Bertz CT molecular complexity index is 551. The average Bonchev–Trinajstić information content (AvgIpc) is 2.63. The molecule has 0 bridgehead atoms. The van der Waals surface area contributed by atoms with E-state index >= 15 is 0 Å². The Hall–Kier alpha value is -1.88. The Morgan fingerprint density at radius 2 is 2.19 bits per heavy atom. The molecule has 5 nitrogen and oxygen atoms in total. The highest BCUT2D eigenvalue weighted by Crippen LogP contribution is 2.23. The standard InChI is InChI=1S/C10H8ClN3O2/c1-14-9(5-12-13-14)6-2-7(10(15)16)4-8(11)3-6/h2-5H,1H3,(H,15,16). The third kappa shape index (κ3) is 1.90. The maximum absolute atomic E-state index is 10.9. The van der Waals surface area contributed by atoms with Crippen molar-refractivity contribution in [2.75, 3.05) is 0 Å². The van der Waals surface area contributed by atoms with Gasteiger partial charge in [0.05, 0.1) is 17.5 Å². The Morgan fingerprint density at radius 1 is 1.44 bits per heavy atom. The van der Waals surface area contributed by atoms with Gasteiger partial charge in [0, 0.05) is 17.6 Å². The SMILES string of the molecule is Cn1nncc1-c1cc(Cl)cc(C(=O)O)c1. The van der Waals surface area contributed by atoms with Crippen LogP contribution in [0.2, 0.25) is 5.02 Å². The largest absolute Gasteiger partial charge is 0.478 e. The van der Waals surface area contributed by atoms with E-state index in [0.717, 1.165) is 0 Å². The summed E-state index contributed by atoms with van der Waals surface area (Å²) < 4.78 is 1.55. The zero-order chi connectivity index (χ0) is 11.7. The fourth-order valence-electron chi connectivity index (χ4n) is 1.41. The molecule has 1 aromatic carbocycles. The number of nitrogens with zero attached hydrogens (tertiary/aromatic N) is 3. The minimum atomic E-state index is -1.01. The molecule has 0 aliphatic carbocycles. The number of carbonyl (C=O) groups is 1. The van der Waals surface area contributed by atoms with Gasteiger partial charge in [0.25, 0.3) is 0 Å². The molecule has 0 fully saturated rings. The molecule has 0 spiro atoms. The molecule has 0 radical (unpaired) electrons. The molecule has 82 valence electrons. The number of hydrogen-bond acceptors (Lipinski definition) is 3. The number of carboxylic acid groups (broad SMARTS) is 1. The summed E-state index contributed by atoms with van der Waals surface area (Å²) >= 11 is 5.85. The van der Waals surface area contributed by atoms with Crippen molar-refractivity contribution in [3.63, 3.8) is 0 Å². The van der Waals surface area contributed by atoms with E-state index in [1.807, 2.05) is 0 Å². The van der Waals surface area contributed by atoms with Crippen molar-refractivity contribution in [1.82, 2.24) is 15.0 Å². The lowest BCUT2D eigenvalue weighted by atomic mass is 10.1. The van der Waals surface area contributed by atoms with E-state index in [9.17, 15) is 4.79 Å². The van der Waals surface area contributed by atoms with Gasteiger partial charge >= 0.3 is 5.97 Å². The number of hydrogen-bond donors (Lipinski definition) is 1. The normalized spacial score (nSPS) is 10.4. The van der Waals surface area contributed by atoms with Crippen molar-refractivity contribution in [3.8, 4) is 11.3 Å². The van der Waals surface area contributed by atoms with Crippen LogP contribution in [0.15, 0.2) is 24.4 Å². The first-order valence-electron chi connectivity index (χ1n) is 4.47. The van der Waals surface area contributed by atoms with Crippen molar-refractivity contribution in [1.29, 1.82) is 0 Å². The average molecular weight is 238 g/mol. The molecule has 0 atom stereocenters. The maximum Gasteiger partial charge on any atom is 0.335 e. The molecule has 1 aromatic heterocycles. The molecular formula is C10H8ClN3O2. The Kier molecular flexibility index (Phi) is 2.62. The van der Waals surface area contributed by atoms with Gasteiger partial charge in [-0.15, -0.1) is 5.10 Å². The second-order valence-electron chi connectivity index (χ2n) is 3.28. The van der Waals surface area contributed by atoms with Crippen LogP contribution < -0.4 is 0 Å². The van der Waals surface area contributed by atoms with E-state index < -0.39 is 5.97 Å².